The number of rotatable bonds is 6. The highest BCUT2D eigenvalue weighted by Crippen LogP contribution is 2.28. The van der Waals surface area contributed by atoms with Crippen molar-refractivity contribution in [1.82, 2.24) is 10.3 Å². The molecule has 4 N–H and O–H groups in total. The second-order valence-corrected chi connectivity index (χ2v) is 6.43. The number of hydrogen-bond acceptors (Lipinski definition) is 5. The van der Waals surface area contributed by atoms with Gasteiger partial charge in [0, 0.05) is 24.5 Å². The largest absolute Gasteiger partial charge is 0.506 e. The van der Waals surface area contributed by atoms with E-state index in [9.17, 15) is 24.2 Å². The second kappa shape index (κ2) is 7.87. The molecule has 0 saturated heterocycles. The van der Waals surface area contributed by atoms with E-state index < -0.39 is 11.9 Å². The summed E-state index contributed by atoms with van der Waals surface area (Å²) in [6, 6.07) is 8.48. The van der Waals surface area contributed by atoms with E-state index >= 15 is 0 Å². The molecule has 0 aliphatic carbocycles. The topological polar surface area (TPSA) is 102 Å². The third-order valence-corrected chi connectivity index (χ3v) is 4.50. The van der Waals surface area contributed by atoms with E-state index in [4.69, 9.17) is 11.6 Å². The first-order valence-corrected chi connectivity index (χ1v) is 8.45. The lowest BCUT2D eigenvalue weighted by atomic mass is 10.0. The molecule has 0 fully saturated rings. The second-order valence-electron chi connectivity index (χ2n) is 6.02. The molecule has 1 heterocycles. The maximum Gasteiger partial charge on any atom is 0.248 e. The van der Waals surface area contributed by atoms with Gasteiger partial charge in [0.05, 0.1) is 22.2 Å². The number of benzene rings is 2. The highest BCUT2D eigenvalue weighted by atomic mass is 35.5. The third-order valence-electron chi connectivity index (χ3n) is 4.19. The first-order valence-electron chi connectivity index (χ1n) is 8.07. The van der Waals surface area contributed by atoms with Gasteiger partial charge < -0.3 is 20.5 Å². The van der Waals surface area contributed by atoms with Gasteiger partial charge in [-0.15, -0.1) is 0 Å². The van der Waals surface area contributed by atoms with E-state index in [0.29, 0.717) is 22.8 Å². The van der Waals surface area contributed by atoms with Gasteiger partial charge in [-0.05, 0) is 35.4 Å². The van der Waals surface area contributed by atoms with Gasteiger partial charge in [0.25, 0.3) is 0 Å². The van der Waals surface area contributed by atoms with Gasteiger partial charge in [-0.25, -0.2) is 4.39 Å². The number of aromatic nitrogens is 1. The number of fused-ring (bicyclic) bond motifs is 1. The number of aliphatic hydroxyl groups is 1. The van der Waals surface area contributed by atoms with Gasteiger partial charge in [-0.3, -0.25) is 9.59 Å². The molecule has 0 aliphatic heterocycles. The molecule has 3 rings (SSSR count). The van der Waals surface area contributed by atoms with Gasteiger partial charge >= 0.3 is 0 Å². The highest BCUT2D eigenvalue weighted by molar-refractivity contribution is 6.33. The van der Waals surface area contributed by atoms with Crippen molar-refractivity contribution in [3.63, 3.8) is 0 Å². The fourth-order valence-electron chi connectivity index (χ4n) is 2.86. The fourth-order valence-corrected chi connectivity index (χ4v) is 3.14. The molecule has 0 amide bonds. The summed E-state index contributed by atoms with van der Waals surface area (Å²) in [4.78, 5) is 24.7. The van der Waals surface area contributed by atoms with Crippen LogP contribution in [0.1, 0.15) is 27.6 Å². The molecule has 8 heteroatoms. The summed E-state index contributed by atoms with van der Waals surface area (Å²) < 4.78 is 13.8. The lowest BCUT2D eigenvalue weighted by Gasteiger charge is -2.15. The van der Waals surface area contributed by atoms with E-state index in [0.717, 1.165) is 0 Å². The number of phenols is 1. The maximum atomic E-state index is 13.8. The Kier molecular flexibility index (Phi) is 5.55. The zero-order valence-electron chi connectivity index (χ0n) is 14.0. The van der Waals surface area contributed by atoms with Crippen molar-refractivity contribution in [3.05, 3.63) is 74.3 Å². The predicted octanol–water partition coefficient (Wildman–Crippen LogP) is 2.66. The number of pyridine rings is 1. The van der Waals surface area contributed by atoms with Crippen molar-refractivity contribution in [2.75, 3.05) is 6.54 Å². The first kappa shape index (κ1) is 19.0. The number of carbonyl (C=O) groups is 1. The molecule has 3 aromatic rings. The average molecular weight is 391 g/mol. The molecule has 140 valence electrons. The van der Waals surface area contributed by atoms with Crippen molar-refractivity contribution in [1.29, 1.82) is 0 Å². The van der Waals surface area contributed by atoms with Crippen LogP contribution in [0.3, 0.4) is 0 Å². The number of carbonyl (C=O) groups excluding carboxylic acids is 1. The van der Waals surface area contributed by atoms with Gasteiger partial charge in [0.1, 0.15) is 11.6 Å². The van der Waals surface area contributed by atoms with Crippen LogP contribution < -0.4 is 10.9 Å². The van der Waals surface area contributed by atoms with Crippen molar-refractivity contribution >= 4 is 28.8 Å². The van der Waals surface area contributed by atoms with Gasteiger partial charge in [0.15, 0.2) is 6.29 Å². The van der Waals surface area contributed by atoms with Gasteiger partial charge in [-0.2, -0.15) is 0 Å². The summed E-state index contributed by atoms with van der Waals surface area (Å²) >= 11 is 5.86. The van der Waals surface area contributed by atoms with Gasteiger partial charge in [0.2, 0.25) is 5.56 Å². The molecule has 2 aromatic carbocycles. The standard InChI is InChI=1S/C19H16ClFN2O4/c20-14-5-10(6-15(21)13(14)9-24)7-22-8-17(26)11-1-3-16(25)19-12(11)2-4-18(27)23-19/h1-6,9,17,22,25-26H,7-8H2,(H,23,27)/t17-/m0/s1. The quantitative estimate of drug-likeness (QED) is 0.485. The van der Waals surface area contributed by atoms with E-state index in [1.807, 2.05) is 0 Å². The Hall–Kier alpha value is -2.74. The van der Waals surface area contributed by atoms with E-state index in [-0.39, 0.29) is 40.5 Å². The Bertz CT molecular complexity index is 1040. The molecular weight excluding hydrogens is 375 g/mol. The molecule has 1 aromatic heterocycles. The molecule has 0 unspecified atom stereocenters. The first-order chi connectivity index (χ1) is 12.9. The number of halogens is 2. The summed E-state index contributed by atoms with van der Waals surface area (Å²) in [5.74, 6) is -0.796. The summed E-state index contributed by atoms with van der Waals surface area (Å²) in [6.45, 7) is 0.355. The van der Waals surface area contributed by atoms with Crippen LogP contribution in [0.5, 0.6) is 5.75 Å². The number of nitrogens with one attached hydrogen (secondary N) is 2. The monoisotopic (exact) mass is 390 g/mol. The van der Waals surface area contributed by atoms with E-state index in [1.165, 1.54) is 30.3 Å². The van der Waals surface area contributed by atoms with E-state index in [1.54, 1.807) is 6.07 Å². The number of aldehydes is 1. The van der Waals surface area contributed by atoms with Crippen molar-refractivity contribution < 1.29 is 19.4 Å². The summed E-state index contributed by atoms with van der Waals surface area (Å²) in [5, 5.41) is 23.9. The molecule has 1 atom stereocenters. The SMILES string of the molecule is O=Cc1c(F)cc(CNC[C@H](O)c2ccc(O)c3[nH]c(=O)ccc23)cc1Cl. The van der Waals surface area contributed by atoms with Gasteiger partial charge in [-0.1, -0.05) is 17.7 Å². The smallest absolute Gasteiger partial charge is 0.248 e. The summed E-state index contributed by atoms with van der Waals surface area (Å²) in [6.07, 6.45) is -0.576. The average Bonchev–Trinajstić information content (AvgIpc) is 2.62. The van der Waals surface area contributed by atoms with Crippen molar-refractivity contribution in [3.8, 4) is 5.75 Å². The van der Waals surface area contributed by atoms with Crippen LogP contribution in [0.2, 0.25) is 5.02 Å². The number of aromatic hydroxyl groups is 1. The lowest BCUT2D eigenvalue weighted by molar-refractivity contribution is 0.112. The van der Waals surface area contributed by atoms with Crippen LogP contribution in [0, 0.1) is 5.82 Å². The zero-order valence-corrected chi connectivity index (χ0v) is 14.8. The van der Waals surface area contributed by atoms with Crippen molar-refractivity contribution in [2.24, 2.45) is 0 Å². The predicted molar refractivity (Wildman–Crippen MR) is 99.7 cm³/mol. The Morgan fingerprint density at radius 2 is 2.04 bits per heavy atom. The Labute approximate surface area is 158 Å². The van der Waals surface area contributed by atoms with Crippen LogP contribution in [0.4, 0.5) is 4.39 Å². The number of aliphatic hydroxyl groups excluding tert-OH is 1. The Morgan fingerprint density at radius 3 is 2.74 bits per heavy atom. The number of phenolic OH excluding ortho intramolecular Hbond substituents is 1. The molecule has 27 heavy (non-hydrogen) atoms. The minimum absolute atomic E-state index is 0.0239. The van der Waals surface area contributed by atoms with E-state index in [2.05, 4.69) is 10.3 Å². The third kappa shape index (κ3) is 4.00. The highest BCUT2D eigenvalue weighted by Gasteiger charge is 2.14. The minimum atomic E-state index is -0.937. The normalized spacial score (nSPS) is 12.3. The zero-order chi connectivity index (χ0) is 19.6. The van der Waals surface area contributed by atoms with Crippen molar-refractivity contribution in [2.45, 2.75) is 12.6 Å². The number of aromatic amines is 1. The summed E-state index contributed by atoms with van der Waals surface area (Å²) in [5.41, 5.74) is 0.741. The minimum Gasteiger partial charge on any atom is -0.506 e. The van der Waals surface area contributed by atoms with Crippen LogP contribution in [0.15, 0.2) is 41.2 Å². The summed E-state index contributed by atoms with van der Waals surface area (Å²) in [7, 11) is 0. The van der Waals surface area contributed by atoms with Crippen LogP contribution >= 0.6 is 11.6 Å². The Balaban J connectivity index is 1.74. The maximum absolute atomic E-state index is 13.8. The number of hydrogen-bond donors (Lipinski definition) is 4. The fraction of sp³-hybridized carbons (Fsp3) is 0.158. The lowest BCUT2D eigenvalue weighted by Crippen LogP contribution is -2.21. The molecule has 0 spiro atoms. The molecule has 0 aliphatic rings. The van der Waals surface area contributed by atoms with Crippen LogP contribution in [0.25, 0.3) is 10.9 Å². The molecule has 6 nitrogen and oxygen atoms in total. The molecule has 0 saturated carbocycles. The molecule has 0 radical (unpaired) electrons. The van der Waals surface area contributed by atoms with Crippen LogP contribution in [-0.2, 0) is 6.54 Å². The molecular formula is C19H16ClFN2O4. The van der Waals surface area contributed by atoms with Crippen LogP contribution in [-0.4, -0.2) is 28.0 Å². The Morgan fingerprint density at radius 1 is 1.26 bits per heavy atom. The molecule has 0 bridgehead atoms. The number of H-pyrrole nitrogens is 1.